The number of hydrogen-bond donors (Lipinski definition) is 0. The van der Waals surface area contributed by atoms with Crippen LogP contribution in [0.2, 0.25) is 0 Å². The van der Waals surface area contributed by atoms with Gasteiger partial charge in [0.2, 0.25) is 6.71 Å². The summed E-state index contributed by atoms with van der Waals surface area (Å²) in [6.07, 6.45) is 0. The molecule has 258 valence electrons. The van der Waals surface area contributed by atoms with Crippen molar-refractivity contribution in [3.63, 3.8) is 0 Å². The van der Waals surface area contributed by atoms with Crippen LogP contribution in [0.1, 0.15) is 69.4 Å². The smallest absolute Gasteiger partial charge is 0.248 e. The van der Waals surface area contributed by atoms with E-state index in [9.17, 15) is 0 Å². The molecule has 0 fully saturated rings. The van der Waals surface area contributed by atoms with Gasteiger partial charge < -0.3 is 4.90 Å². The van der Waals surface area contributed by atoms with E-state index in [4.69, 9.17) is 0 Å². The molecule has 8 aromatic carbocycles. The van der Waals surface area contributed by atoms with Crippen LogP contribution in [0.3, 0.4) is 0 Å². The van der Waals surface area contributed by atoms with Crippen LogP contribution in [0, 0.1) is 20.8 Å². The molecule has 2 heterocycles. The monoisotopic (exact) mass is 683 g/mol. The van der Waals surface area contributed by atoms with Crippen LogP contribution in [0.15, 0.2) is 115 Å². The minimum atomic E-state index is -0.0154. The molecule has 10 rings (SSSR count). The summed E-state index contributed by atoms with van der Waals surface area (Å²) in [7, 11) is 0. The fraction of sp³-hybridized carbons (Fsp3) is 0.216. The van der Waals surface area contributed by atoms with E-state index < -0.39 is 0 Å². The maximum atomic E-state index is 2.61. The Balaban J connectivity index is 1.41. The summed E-state index contributed by atoms with van der Waals surface area (Å²) in [5.41, 5.74) is 20.1. The first kappa shape index (κ1) is 32.3. The Morgan fingerprint density at radius 2 is 1.00 bits per heavy atom. The Hall–Kier alpha value is -5.34. The third-order valence-corrected chi connectivity index (χ3v) is 12.3. The highest BCUT2D eigenvalue weighted by Gasteiger charge is 2.42. The van der Waals surface area contributed by atoms with Crippen molar-refractivity contribution >= 4 is 72.5 Å². The lowest BCUT2D eigenvalue weighted by Gasteiger charge is -2.37. The number of aryl methyl sites for hydroxylation is 3. The molecule has 0 spiro atoms. The van der Waals surface area contributed by atoms with Crippen molar-refractivity contribution in [2.24, 2.45) is 0 Å². The van der Waals surface area contributed by atoms with Crippen molar-refractivity contribution in [2.75, 3.05) is 4.90 Å². The van der Waals surface area contributed by atoms with Crippen molar-refractivity contribution in [3.8, 4) is 22.3 Å². The van der Waals surface area contributed by atoms with E-state index in [1.165, 1.54) is 116 Å². The molecule has 0 N–H and O–H groups in total. The molecule has 1 nitrogen and oxygen atoms in total. The number of nitrogens with zero attached hydrogens (tertiary/aromatic N) is 1. The van der Waals surface area contributed by atoms with Crippen LogP contribution >= 0.6 is 0 Å². The summed E-state index contributed by atoms with van der Waals surface area (Å²) in [5, 5.41) is 8.15. The van der Waals surface area contributed by atoms with Crippen molar-refractivity contribution in [2.45, 2.75) is 73.1 Å². The lowest BCUT2D eigenvalue weighted by molar-refractivity contribution is 0.576. The van der Waals surface area contributed by atoms with Gasteiger partial charge >= 0.3 is 0 Å². The Bertz CT molecular complexity index is 2790. The highest BCUT2D eigenvalue weighted by Crippen LogP contribution is 2.51. The number of para-hydroxylation sites is 1. The summed E-state index contributed by atoms with van der Waals surface area (Å²) in [6, 6.07) is 44.7. The van der Waals surface area contributed by atoms with E-state index in [0.717, 1.165) is 0 Å². The van der Waals surface area contributed by atoms with Crippen molar-refractivity contribution in [1.29, 1.82) is 0 Å². The van der Waals surface area contributed by atoms with Gasteiger partial charge in [-0.15, -0.1) is 0 Å². The zero-order chi connectivity index (χ0) is 36.7. The van der Waals surface area contributed by atoms with Gasteiger partial charge in [-0.2, -0.15) is 0 Å². The third-order valence-electron chi connectivity index (χ3n) is 12.3. The standard InChI is InChI=1S/C51H46BN/c1-29-25-30(2)46(31(3)26-29)38-27-45(37-24-23-36-40(51(7,8)9)28-39(50(4,5)6)35-22-21-33(38)47(37)48(35)36)53-43-19-13-12-18-42(43)52-41-17-11-10-15-32(41)34-16-14-20-44(53)49(34)52/h10-28H,1-9H3. The molecule has 0 atom stereocenters. The van der Waals surface area contributed by atoms with Gasteiger partial charge in [0.25, 0.3) is 0 Å². The first-order valence-electron chi connectivity index (χ1n) is 19.3. The summed E-state index contributed by atoms with van der Waals surface area (Å²) >= 11 is 0. The minimum absolute atomic E-state index is 0.0154. The highest BCUT2D eigenvalue weighted by atomic mass is 15.2. The van der Waals surface area contributed by atoms with Crippen LogP contribution in [-0.2, 0) is 10.8 Å². The molecular weight excluding hydrogens is 637 g/mol. The van der Waals surface area contributed by atoms with Crippen molar-refractivity contribution in [1.82, 2.24) is 0 Å². The van der Waals surface area contributed by atoms with Gasteiger partial charge in [-0.05, 0) is 127 Å². The maximum absolute atomic E-state index is 2.61. The SMILES string of the molecule is Cc1cc(C)c(-c2cc(N3c4ccccc4B4c5ccccc5-c5cccc3c54)c3ccc4c(C(C)(C)C)cc(C(C)(C)C)c5ccc2c3c54)c(C)c1. The summed E-state index contributed by atoms with van der Waals surface area (Å²) < 4.78 is 0. The second-order valence-electron chi connectivity index (χ2n) is 17.9. The Kier molecular flexibility index (Phi) is 6.62. The van der Waals surface area contributed by atoms with Crippen LogP contribution < -0.4 is 21.3 Å². The van der Waals surface area contributed by atoms with Crippen LogP contribution in [0.25, 0.3) is 54.6 Å². The van der Waals surface area contributed by atoms with Crippen molar-refractivity contribution < 1.29 is 0 Å². The van der Waals surface area contributed by atoms with Gasteiger partial charge in [-0.25, -0.2) is 0 Å². The zero-order valence-corrected chi connectivity index (χ0v) is 32.5. The fourth-order valence-electron chi connectivity index (χ4n) is 10.3. The average molecular weight is 684 g/mol. The second kappa shape index (κ2) is 10.9. The molecule has 0 aromatic heterocycles. The zero-order valence-electron chi connectivity index (χ0n) is 32.5. The van der Waals surface area contributed by atoms with E-state index in [0.29, 0.717) is 0 Å². The first-order chi connectivity index (χ1) is 25.3. The van der Waals surface area contributed by atoms with Gasteiger partial charge in [-0.3, -0.25) is 0 Å². The van der Waals surface area contributed by atoms with E-state index in [1.807, 2.05) is 0 Å². The molecule has 0 saturated heterocycles. The maximum Gasteiger partial charge on any atom is 0.248 e. The predicted molar refractivity (Wildman–Crippen MR) is 232 cm³/mol. The molecule has 0 saturated carbocycles. The summed E-state index contributed by atoms with van der Waals surface area (Å²) in [5.74, 6) is 0. The fourth-order valence-corrected chi connectivity index (χ4v) is 10.3. The molecular formula is C51H46BN. The quantitative estimate of drug-likeness (QED) is 0.129. The Morgan fingerprint density at radius 3 is 1.68 bits per heavy atom. The highest BCUT2D eigenvalue weighted by molar-refractivity contribution is 7.01. The Labute approximate surface area is 314 Å². The van der Waals surface area contributed by atoms with Crippen LogP contribution in [0.4, 0.5) is 17.1 Å². The number of anilines is 3. The van der Waals surface area contributed by atoms with Crippen LogP contribution in [-0.4, -0.2) is 6.71 Å². The minimum Gasteiger partial charge on any atom is -0.311 e. The molecule has 8 aromatic rings. The first-order valence-corrected chi connectivity index (χ1v) is 19.3. The number of fused-ring (bicyclic) bond motifs is 5. The number of benzene rings is 8. The second-order valence-corrected chi connectivity index (χ2v) is 17.9. The van der Waals surface area contributed by atoms with E-state index in [2.05, 4.69) is 182 Å². The van der Waals surface area contributed by atoms with Gasteiger partial charge in [0.1, 0.15) is 0 Å². The molecule has 2 aliphatic heterocycles. The van der Waals surface area contributed by atoms with Gasteiger partial charge in [0.15, 0.2) is 0 Å². The lowest BCUT2D eigenvalue weighted by atomic mass is 9.37. The lowest BCUT2D eigenvalue weighted by Crippen LogP contribution is -2.54. The third kappa shape index (κ3) is 4.45. The topological polar surface area (TPSA) is 3.24 Å². The van der Waals surface area contributed by atoms with Gasteiger partial charge in [0, 0.05) is 22.1 Å². The van der Waals surface area contributed by atoms with E-state index in [-0.39, 0.29) is 17.5 Å². The van der Waals surface area contributed by atoms with Gasteiger partial charge in [0.05, 0.1) is 5.69 Å². The van der Waals surface area contributed by atoms with Crippen LogP contribution in [0.5, 0.6) is 0 Å². The molecule has 0 unspecified atom stereocenters. The Morgan fingerprint density at radius 1 is 0.453 bits per heavy atom. The normalized spacial score (nSPS) is 13.7. The number of rotatable bonds is 2. The van der Waals surface area contributed by atoms with Crippen molar-refractivity contribution in [3.05, 3.63) is 143 Å². The molecule has 0 aliphatic carbocycles. The van der Waals surface area contributed by atoms with Gasteiger partial charge in [-0.1, -0.05) is 150 Å². The van der Waals surface area contributed by atoms with E-state index in [1.54, 1.807) is 0 Å². The van der Waals surface area contributed by atoms with E-state index >= 15 is 0 Å². The molecule has 0 bridgehead atoms. The molecule has 53 heavy (non-hydrogen) atoms. The molecule has 0 radical (unpaired) electrons. The summed E-state index contributed by atoms with van der Waals surface area (Å²) in [4.78, 5) is 2.61. The molecule has 0 amide bonds. The number of hydrogen-bond acceptors (Lipinski definition) is 1. The molecule has 2 heteroatoms. The molecule has 2 aliphatic rings. The largest absolute Gasteiger partial charge is 0.311 e. The predicted octanol–water partition coefficient (Wildman–Crippen LogP) is 12.1. The average Bonchev–Trinajstić information content (AvgIpc) is 3.45. The summed E-state index contributed by atoms with van der Waals surface area (Å²) in [6.45, 7) is 21.3.